The lowest BCUT2D eigenvalue weighted by Crippen LogP contribution is -2.26. The molecule has 0 atom stereocenters. The van der Waals surface area contributed by atoms with Gasteiger partial charge in [0.25, 0.3) is 5.91 Å². The molecule has 0 saturated carbocycles. The minimum Gasteiger partial charge on any atom is -0.383 e. The van der Waals surface area contributed by atoms with E-state index in [1.165, 1.54) is 0 Å². The van der Waals surface area contributed by atoms with E-state index < -0.39 is 0 Å². The zero-order valence-corrected chi connectivity index (χ0v) is 11.5. The molecule has 2 rings (SSSR count). The van der Waals surface area contributed by atoms with E-state index in [1.807, 2.05) is 24.5 Å². The van der Waals surface area contributed by atoms with Crippen molar-refractivity contribution in [2.75, 3.05) is 20.3 Å². The summed E-state index contributed by atoms with van der Waals surface area (Å²) >= 11 is 0. The van der Waals surface area contributed by atoms with Crippen molar-refractivity contribution in [3.05, 3.63) is 30.1 Å². The monoisotopic (exact) mass is 261 g/mol. The fourth-order valence-electron chi connectivity index (χ4n) is 1.95. The second kappa shape index (κ2) is 5.84. The summed E-state index contributed by atoms with van der Waals surface area (Å²) in [5.74, 6) is -0.0990. The van der Waals surface area contributed by atoms with E-state index in [0.29, 0.717) is 24.8 Å². The number of rotatable bonds is 5. The number of hydrogen-bond donors (Lipinski definition) is 1. The fourth-order valence-corrected chi connectivity index (χ4v) is 1.95. The summed E-state index contributed by atoms with van der Waals surface area (Å²) in [4.78, 5) is 16.2. The molecule has 1 aromatic heterocycles. The van der Waals surface area contributed by atoms with Crippen LogP contribution >= 0.6 is 0 Å². The van der Waals surface area contributed by atoms with Crippen LogP contribution in [0.2, 0.25) is 0 Å². The molecular formula is C14H19N3O2. The minimum absolute atomic E-state index is 0.0990. The van der Waals surface area contributed by atoms with E-state index in [2.05, 4.69) is 28.7 Å². The molecule has 5 heteroatoms. The van der Waals surface area contributed by atoms with E-state index >= 15 is 0 Å². The van der Waals surface area contributed by atoms with Crippen LogP contribution in [0.25, 0.3) is 11.0 Å². The average molecular weight is 261 g/mol. The molecule has 102 valence electrons. The lowest BCUT2D eigenvalue weighted by Gasteiger charge is -2.08. The summed E-state index contributed by atoms with van der Waals surface area (Å²) in [7, 11) is 1.61. The van der Waals surface area contributed by atoms with Gasteiger partial charge in [0.05, 0.1) is 24.0 Å². The Kier molecular flexibility index (Phi) is 4.16. The second-order valence-electron chi connectivity index (χ2n) is 4.70. The third kappa shape index (κ3) is 2.93. The number of carbonyl (C=O) groups excluding carboxylic acids is 1. The standard InChI is InChI=1S/C14H19N3O2/c1-10(2)17-9-16-12-8-11(4-5-13(12)17)14(18)15-6-7-19-3/h4-5,8-10H,6-7H2,1-3H3,(H,15,18). The van der Waals surface area contributed by atoms with Gasteiger partial charge in [-0.05, 0) is 32.0 Å². The van der Waals surface area contributed by atoms with Crippen LogP contribution in [-0.2, 0) is 4.74 Å². The maximum atomic E-state index is 11.9. The Labute approximate surface area is 112 Å². The summed E-state index contributed by atoms with van der Waals surface area (Å²) in [5, 5.41) is 2.80. The van der Waals surface area contributed by atoms with Gasteiger partial charge >= 0.3 is 0 Å². The first-order valence-corrected chi connectivity index (χ1v) is 6.37. The first kappa shape index (κ1) is 13.5. The number of methoxy groups -OCH3 is 1. The molecule has 0 aliphatic carbocycles. The van der Waals surface area contributed by atoms with Crippen LogP contribution in [0.3, 0.4) is 0 Å². The van der Waals surface area contributed by atoms with Crippen LogP contribution < -0.4 is 5.32 Å². The molecule has 1 amide bonds. The van der Waals surface area contributed by atoms with Crippen molar-refractivity contribution < 1.29 is 9.53 Å². The number of imidazole rings is 1. The highest BCUT2D eigenvalue weighted by Crippen LogP contribution is 2.18. The maximum Gasteiger partial charge on any atom is 0.251 e. The van der Waals surface area contributed by atoms with Crippen LogP contribution in [0.4, 0.5) is 0 Å². The number of amides is 1. The predicted molar refractivity (Wildman–Crippen MR) is 74.3 cm³/mol. The van der Waals surface area contributed by atoms with Crippen molar-refractivity contribution in [3.63, 3.8) is 0 Å². The van der Waals surface area contributed by atoms with Gasteiger partial charge in [-0.25, -0.2) is 4.98 Å². The predicted octanol–water partition coefficient (Wildman–Crippen LogP) is 1.99. The molecule has 0 unspecified atom stereocenters. The highest BCUT2D eigenvalue weighted by atomic mass is 16.5. The highest BCUT2D eigenvalue weighted by molar-refractivity contribution is 5.97. The Bertz CT molecular complexity index is 575. The number of fused-ring (bicyclic) bond motifs is 1. The number of benzene rings is 1. The molecule has 1 heterocycles. The van der Waals surface area contributed by atoms with Gasteiger partial charge in [-0.1, -0.05) is 0 Å². The Balaban J connectivity index is 2.20. The molecule has 2 aromatic rings. The SMILES string of the molecule is COCCNC(=O)c1ccc2c(c1)ncn2C(C)C. The molecule has 0 aliphatic heterocycles. The largest absolute Gasteiger partial charge is 0.383 e. The Morgan fingerprint density at radius 1 is 1.47 bits per heavy atom. The Morgan fingerprint density at radius 3 is 2.95 bits per heavy atom. The van der Waals surface area contributed by atoms with Crippen molar-refractivity contribution in [2.45, 2.75) is 19.9 Å². The van der Waals surface area contributed by atoms with Crippen LogP contribution in [0.5, 0.6) is 0 Å². The maximum absolute atomic E-state index is 11.9. The molecule has 0 spiro atoms. The molecule has 5 nitrogen and oxygen atoms in total. The zero-order chi connectivity index (χ0) is 13.8. The summed E-state index contributed by atoms with van der Waals surface area (Å²) < 4.78 is 6.98. The van der Waals surface area contributed by atoms with Gasteiger partial charge in [0.2, 0.25) is 0 Å². The first-order chi connectivity index (χ1) is 9.13. The molecule has 0 saturated heterocycles. The summed E-state index contributed by atoms with van der Waals surface area (Å²) in [6.45, 7) is 5.22. The van der Waals surface area contributed by atoms with Crippen molar-refractivity contribution in [3.8, 4) is 0 Å². The fraction of sp³-hybridized carbons (Fsp3) is 0.429. The number of ether oxygens (including phenoxy) is 1. The second-order valence-corrected chi connectivity index (χ2v) is 4.70. The highest BCUT2D eigenvalue weighted by Gasteiger charge is 2.09. The average Bonchev–Trinajstić information content (AvgIpc) is 2.81. The van der Waals surface area contributed by atoms with Crippen molar-refractivity contribution in [2.24, 2.45) is 0 Å². The van der Waals surface area contributed by atoms with Gasteiger partial charge in [0.15, 0.2) is 0 Å². The summed E-state index contributed by atoms with van der Waals surface area (Å²) in [5.41, 5.74) is 2.51. The molecular weight excluding hydrogens is 242 g/mol. The van der Waals surface area contributed by atoms with Crippen LogP contribution in [-0.4, -0.2) is 35.7 Å². The Hall–Kier alpha value is -1.88. The van der Waals surface area contributed by atoms with E-state index in [0.717, 1.165) is 11.0 Å². The lowest BCUT2D eigenvalue weighted by molar-refractivity contribution is 0.0937. The van der Waals surface area contributed by atoms with Crippen molar-refractivity contribution >= 4 is 16.9 Å². The molecule has 0 aliphatic rings. The smallest absolute Gasteiger partial charge is 0.251 e. The molecule has 0 radical (unpaired) electrons. The van der Waals surface area contributed by atoms with E-state index in [4.69, 9.17) is 4.74 Å². The zero-order valence-electron chi connectivity index (χ0n) is 11.5. The van der Waals surface area contributed by atoms with Crippen LogP contribution in [0, 0.1) is 0 Å². The van der Waals surface area contributed by atoms with Gasteiger partial charge in [0.1, 0.15) is 0 Å². The molecule has 19 heavy (non-hydrogen) atoms. The van der Waals surface area contributed by atoms with Crippen LogP contribution in [0.1, 0.15) is 30.2 Å². The molecule has 1 aromatic carbocycles. The number of carbonyl (C=O) groups is 1. The van der Waals surface area contributed by atoms with Gasteiger partial charge in [-0.2, -0.15) is 0 Å². The number of hydrogen-bond acceptors (Lipinski definition) is 3. The molecule has 0 fully saturated rings. The lowest BCUT2D eigenvalue weighted by atomic mass is 10.2. The van der Waals surface area contributed by atoms with Crippen molar-refractivity contribution in [1.29, 1.82) is 0 Å². The van der Waals surface area contributed by atoms with E-state index in [-0.39, 0.29) is 5.91 Å². The van der Waals surface area contributed by atoms with Crippen molar-refractivity contribution in [1.82, 2.24) is 14.9 Å². The van der Waals surface area contributed by atoms with Gasteiger partial charge < -0.3 is 14.6 Å². The third-order valence-corrected chi connectivity index (χ3v) is 2.99. The quantitative estimate of drug-likeness (QED) is 0.837. The summed E-state index contributed by atoms with van der Waals surface area (Å²) in [6.07, 6.45) is 1.81. The Morgan fingerprint density at radius 2 is 2.26 bits per heavy atom. The first-order valence-electron chi connectivity index (χ1n) is 6.37. The van der Waals surface area contributed by atoms with Crippen LogP contribution in [0.15, 0.2) is 24.5 Å². The minimum atomic E-state index is -0.0990. The topological polar surface area (TPSA) is 56.1 Å². The van der Waals surface area contributed by atoms with Gasteiger partial charge in [-0.15, -0.1) is 0 Å². The molecule has 1 N–H and O–H groups in total. The number of aromatic nitrogens is 2. The third-order valence-electron chi connectivity index (χ3n) is 2.99. The van der Waals surface area contributed by atoms with Gasteiger partial charge in [-0.3, -0.25) is 4.79 Å². The number of nitrogens with one attached hydrogen (secondary N) is 1. The van der Waals surface area contributed by atoms with E-state index in [9.17, 15) is 4.79 Å². The van der Waals surface area contributed by atoms with E-state index in [1.54, 1.807) is 7.11 Å². The summed E-state index contributed by atoms with van der Waals surface area (Å²) in [6, 6.07) is 5.93. The van der Waals surface area contributed by atoms with Gasteiger partial charge in [0, 0.05) is 25.3 Å². The normalized spacial score (nSPS) is 11.2. The molecule has 0 bridgehead atoms. The number of nitrogens with zero attached hydrogens (tertiary/aromatic N) is 2.